The molecule has 0 aliphatic carbocycles. The highest BCUT2D eigenvalue weighted by molar-refractivity contribution is 9.10. The summed E-state index contributed by atoms with van der Waals surface area (Å²) in [7, 11) is 1.56. The Kier molecular flexibility index (Phi) is 6.53. The third kappa shape index (κ3) is 4.78. The van der Waals surface area contributed by atoms with E-state index < -0.39 is 18.2 Å². The highest BCUT2D eigenvalue weighted by Crippen LogP contribution is 2.39. The predicted molar refractivity (Wildman–Crippen MR) is 127 cm³/mol. The number of anilines is 1. The van der Waals surface area contributed by atoms with Gasteiger partial charge in [-0.3, -0.25) is 9.83 Å². The Labute approximate surface area is 210 Å². The first kappa shape index (κ1) is 24.5. The molecule has 10 nitrogen and oxygen atoms in total. The van der Waals surface area contributed by atoms with Crippen LogP contribution in [0.5, 0.6) is 0 Å². The molecule has 1 aromatic heterocycles. The van der Waals surface area contributed by atoms with E-state index in [4.69, 9.17) is 34.5 Å². The van der Waals surface area contributed by atoms with Crippen molar-refractivity contribution in [3.63, 3.8) is 0 Å². The number of nitrogens with one attached hydrogen (secondary N) is 1. The van der Waals surface area contributed by atoms with Crippen molar-refractivity contribution in [1.82, 2.24) is 15.4 Å². The van der Waals surface area contributed by atoms with Crippen LogP contribution in [0.4, 0.5) is 10.3 Å². The molecule has 5 atom stereocenters. The van der Waals surface area contributed by atoms with E-state index >= 15 is 0 Å². The van der Waals surface area contributed by atoms with Crippen LogP contribution in [0.3, 0.4) is 0 Å². The Morgan fingerprint density at radius 1 is 1.26 bits per heavy atom. The van der Waals surface area contributed by atoms with Crippen molar-refractivity contribution in [2.75, 3.05) is 19.5 Å². The van der Waals surface area contributed by atoms with Gasteiger partial charge in [0.25, 0.3) is 0 Å². The number of aryl methyl sites for hydroxylation is 1. The van der Waals surface area contributed by atoms with E-state index in [-0.39, 0.29) is 36.6 Å². The van der Waals surface area contributed by atoms with Gasteiger partial charge in [0.1, 0.15) is 30.7 Å². The van der Waals surface area contributed by atoms with Gasteiger partial charge in [0.15, 0.2) is 17.9 Å². The average Bonchev–Trinajstić information content (AvgIpc) is 3.25. The fraction of sp³-hybridized carbons (Fsp3) is 0.522. The lowest BCUT2D eigenvalue weighted by Crippen LogP contribution is -2.38. The normalized spacial score (nSPS) is 29.0. The molecule has 3 aliphatic rings. The monoisotopic (exact) mass is 551 g/mol. The maximum absolute atomic E-state index is 13.7. The standard InChI is InChI=1S/C23H27BrFN5O5/c1-10-17-15(29-22(26)27-10)8-14(12-6-5-11(25)7-13(12)24)28-20(17)30-32-9-16-18-19(21(31-4)33-16)35-23(2,3)34-18/h5-7,14,16,18-19,21H,8-9H2,1-4H3,(H,28,30)(H2,26,27,29)/t14-,16-,18-,19-,21+/m1/s1. The summed E-state index contributed by atoms with van der Waals surface area (Å²) < 4.78 is 37.6. The molecule has 0 spiro atoms. The highest BCUT2D eigenvalue weighted by Gasteiger charge is 2.55. The second-order valence-electron chi connectivity index (χ2n) is 9.11. The van der Waals surface area contributed by atoms with Crippen molar-refractivity contribution in [3.8, 4) is 0 Å². The lowest BCUT2D eigenvalue weighted by atomic mass is 9.95. The number of methoxy groups -OCH3 is 1. The Balaban J connectivity index is 1.37. The minimum atomic E-state index is -0.738. The van der Waals surface area contributed by atoms with Gasteiger partial charge in [0, 0.05) is 18.0 Å². The highest BCUT2D eigenvalue weighted by atomic mass is 79.9. The molecule has 4 heterocycles. The molecule has 12 heteroatoms. The van der Waals surface area contributed by atoms with Crippen LogP contribution in [0.1, 0.15) is 42.4 Å². The fourth-order valence-corrected chi connectivity index (χ4v) is 5.36. The molecule has 0 amide bonds. The molecule has 3 N–H and O–H groups in total. The first-order valence-electron chi connectivity index (χ1n) is 11.2. The van der Waals surface area contributed by atoms with E-state index in [1.54, 1.807) is 13.2 Å². The molecule has 0 radical (unpaired) electrons. The zero-order chi connectivity index (χ0) is 24.9. The number of hydrogen-bond donors (Lipinski definition) is 2. The summed E-state index contributed by atoms with van der Waals surface area (Å²) >= 11 is 3.44. The van der Waals surface area contributed by atoms with Crippen molar-refractivity contribution >= 4 is 27.7 Å². The third-order valence-corrected chi connectivity index (χ3v) is 6.85. The van der Waals surface area contributed by atoms with E-state index in [2.05, 4.69) is 31.4 Å². The zero-order valence-corrected chi connectivity index (χ0v) is 21.3. The van der Waals surface area contributed by atoms with Gasteiger partial charge in [-0.1, -0.05) is 22.0 Å². The number of benzene rings is 1. The molecule has 0 bridgehead atoms. The van der Waals surface area contributed by atoms with E-state index in [1.807, 2.05) is 20.8 Å². The smallest absolute Gasteiger partial charge is 0.220 e. The number of halogens is 2. The molecule has 188 valence electrons. The lowest BCUT2D eigenvalue weighted by Gasteiger charge is -2.26. The fourth-order valence-electron chi connectivity index (χ4n) is 4.75. The van der Waals surface area contributed by atoms with Gasteiger partial charge in [-0.05, 0) is 38.5 Å². The number of nitrogens with two attached hydrogens (primary N) is 1. The van der Waals surface area contributed by atoms with Gasteiger partial charge in [-0.2, -0.15) is 0 Å². The third-order valence-electron chi connectivity index (χ3n) is 6.17. The quantitative estimate of drug-likeness (QED) is 0.540. The number of aliphatic imine (C=N–C) groups is 1. The molecule has 0 unspecified atom stereocenters. The number of fused-ring (bicyclic) bond motifs is 2. The predicted octanol–water partition coefficient (Wildman–Crippen LogP) is 2.73. The second kappa shape index (κ2) is 9.34. The van der Waals surface area contributed by atoms with Crippen molar-refractivity contribution in [2.45, 2.75) is 63.6 Å². The van der Waals surface area contributed by atoms with Gasteiger partial charge in [0.2, 0.25) is 5.95 Å². The molecular formula is C23H27BrFN5O5. The summed E-state index contributed by atoms with van der Waals surface area (Å²) in [6.45, 7) is 5.69. The van der Waals surface area contributed by atoms with Crippen LogP contribution < -0.4 is 11.2 Å². The van der Waals surface area contributed by atoms with Crippen molar-refractivity contribution in [2.24, 2.45) is 4.99 Å². The first-order chi connectivity index (χ1) is 16.6. The van der Waals surface area contributed by atoms with Crippen LogP contribution in [0.15, 0.2) is 27.7 Å². The van der Waals surface area contributed by atoms with Gasteiger partial charge in [0.05, 0.1) is 23.0 Å². The van der Waals surface area contributed by atoms with Gasteiger partial charge in [-0.25, -0.2) is 19.8 Å². The summed E-state index contributed by atoms with van der Waals surface area (Å²) in [6.07, 6.45) is -1.19. The number of rotatable bonds is 5. The zero-order valence-electron chi connectivity index (χ0n) is 19.7. The van der Waals surface area contributed by atoms with Gasteiger partial charge in [-0.15, -0.1) is 0 Å². The molecule has 35 heavy (non-hydrogen) atoms. The summed E-state index contributed by atoms with van der Waals surface area (Å²) in [5, 5.41) is 0. The largest absolute Gasteiger partial charge is 0.368 e. The number of hydrogen-bond acceptors (Lipinski definition) is 10. The van der Waals surface area contributed by atoms with Crippen molar-refractivity contribution in [1.29, 1.82) is 0 Å². The van der Waals surface area contributed by atoms with Crippen LogP contribution in [0.25, 0.3) is 0 Å². The number of hydroxylamine groups is 1. The molecule has 3 aliphatic heterocycles. The number of amidine groups is 1. The van der Waals surface area contributed by atoms with E-state index in [9.17, 15) is 4.39 Å². The summed E-state index contributed by atoms with van der Waals surface area (Å²) in [4.78, 5) is 19.4. The first-order valence-corrected chi connectivity index (χ1v) is 12.0. The average molecular weight is 552 g/mol. The summed E-state index contributed by atoms with van der Waals surface area (Å²) in [6, 6.07) is 4.17. The molecule has 2 aromatic rings. The Bertz CT molecular complexity index is 1170. The topological polar surface area (TPSA) is 122 Å². The SMILES string of the molecule is CO[C@H]1O[C@H](CONC2=N[C@@H](c3ccc(F)cc3Br)Cc3nc(N)nc(C)c32)[C@H]2OC(C)(C)O[C@@H]12. The van der Waals surface area contributed by atoms with E-state index in [1.165, 1.54) is 12.1 Å². The Morgan fingerprint density at radius 2 is 2.03 bits per heavy atom. The lowest BCUT2D eigenvalue weighted by molar-refractivity contribution is -0.232. The number of nitrogens with zero attached hydrogens (tertiary/aromatic N) is 3. The molecular weight excluding hydrogens is 525 g/mol. The molecule has 1 aromatic carbocycles. The molecule has 2 saturated heterocycles. The van der Waals surface area contributed by atoms with Crippen LogP contribution in [-0.4, -0.2) is 59.9 Å². The summed E-state index contributed by atoms with van der Waals surface area (Å²) in [5.74, 6) is -0.447. The van der Waals surface area contributed by atoms with E-state index in [0.29, 0.717) is 22.4 Å². The number of aromatic nitrogens is 2. The van der Waals surface area contributed by atoms with Gasteiger partial charge >= 0.3 is 0 Å². The summed E-state index contributed by atoms with van der Waals surface area (Å²) in [5.41, 5.74) is 11.8. The minimum absolute atomic E-state index is 0.147. The second-order valence-corrected chi connectivity index (χ2v) is 9.96. The molecule has 5 rings (SSSR count). The van der Waals surface area contributed by atoms with Crippen LogP contribution in [0, 0.1) is 12.7 Å². The van der Waals surface area contributed by atoms with Crippen molar-refractivity contribution in [3.05, 3.63) is 51.0 Å². The Hall–Kier alpha value is -2.22. The maximum atomic E-state index is 13.7. The van der Waals surface area contributed by atoms with Crippen LogP contribution in [-0.2, 0) is 30.2 Å². The maximum Gasteiger partial charge on any atom is 0.220 e. The number of ether oxygens (including phenoxy) is 4. The van der Waals surface area contributed by atoms with Gasteiger partial charge < -0.3 is 24.7 Å². The number of nitrogen functional groups attached to an aromatic ring is 1. The Morgan fingerprint density at radius 3 is 2.77 bits per heavy atom. The minimum Gasteiger partial charge on any atom is -0.368 e. The molecule has 0 saturated carbocycles. The molecule has 2 fully saturated rings. The van der Waals surface area contributed by atoms with Crippen LogP contribution >= 0.6 is 15.9 Å². The van der Waals surface area contributed by atoms with E-state index in [0.717, 1.165) is 16.8 Å². The van der Waals surface area contributed by atoms with Crippen LogP contribution in [0.2, 0.25) is 0 Å². The van der Waals surface area contributed by atoms with Crippen molar-refractivity contribution < 1.29 is 28.2 Å².